The second kappa shape index (κ2) is 5.75. The van der Waals surface area contributed by atoms with E-state index in [0.29, 0.717) is 16.1 Å². The maximum absolute atomic E-state index is 12.4. The third-order valence-corrected chi connectivity index (χ3v) is 3.10. The summed E-state index contributed by atoms with van der Waals surface area (Å²) in [5, 5.41) is 11.1. The Morgan fingerprint density at radius 2 is 1.85 bits per heavy atom. The van der Waals surface area contributed by atoms with Crippen LogP contribution in [-0.4, -0.2) is 11.8 Å². The first-order valence-corrected chi connectivity index (χ1v) is 6.24. The average Bonchev–Trinajstić information content (AvgIpc) is 2.40. The maximum Gasteiger partial charge on any atom is 0.195 e. The van der Waals surface area contributed by atoms with Crippen molar-refractivity contribution >= 4 is 29.0 Å². The van der Waals surface area contributed by atoms with E-state index in [0.717, 1.165) is 0 Å². The molecule has 0 amide bonds. The van der Waals surface area contributed by atoms with Gasteiger partial charge in [0.15, 0.2) is 5.78 Å². The highest BCUT2D eigenvalue weighted by Crippen LogP contribution is 2.22. The number of aliphatic carboxylic acids is 1. The van der Waals surface area contributed by atoms with Crippen LogP contribution in [0.2, 0.25) is 5.02 Å². The summed E-state index contributed by atoms with van der Waals surface area (Å²) in [5.74, 6) is -1.55. The van der Waals surface area contributed by atoms with E-state index >= 15 is 0 Å². The molecule has 0 fully saturated rings. The van der Waals surface area contributed by atoms with Crippen LogP contribution in [-0.2, 0) is 11.2 Å². The second-order valence-electron chi connectivity index (χ2n) is 4.27. The molecule has 2 N–H and O–H groups in total. The maximum atomic E-state index is 12.4. The van der Waals surface area contributed by atoms with Crippen LogP contribution in [0, 0.1) is 0 Å². The van der Waals surface area contributed by atoms with Crippen molar-refractivity contribution in [3.05, 3.63) is 64.2 Å². The minimum Gasteiger partial charge on any atom is -0.550 e. The Kier molecular flexibility index (Phi) is 4.05. The highest BCUT2D eigenvalue weighted by Gasteiger charge is 2.14. The van der Waals surface area contributed by atoms with Crippen molar-refractivity contribution < 1.29 is 14.7 Å². The molecular formula is C15H11ClNO3-. The van der Waals surface area contributed by atoms with Gasteiger partial charge in [0, 0.05) is 34.2 Å². The predicted octanol–water partition coefficient (Wildman–Crippen LogP) is 1.45. The number of nitrogens with two attached hydrogens (primary N) is 1. The van der Waals surface area contributed by atoms with E-state index in [2.05, 4.69) is 0 Å². The van der Waals surface area contributed by atoms with Crippen molar-refractivity contribution in [3.63, 3.8) is 0 Å². The molecule has 4 nitrogen and oxygen atoms in total. The quantitative estimate of drug-likeness (QED) is 0.682. The molecule has 2 rings (SSSR count). The van der Waals surface area contributed by atoms with Gasteiger partial charge < -0.3 is 15.6 Å². The van der Waals surface area contributed by atoms with Gasteiger partial charge >= 0.3 is 0 Å². The summed E-state index contributed by atoms with van der Waals surface area (Å²) in [7, 11) is 0. The van der Waals surface area contributed by atoms with E-state index in [9.17, 15) is 14.7 Å². The fourth-order valence-corrected chi connectivity index (χ4v) is 2.10. The van der Waals surface area contributed by atoms with E-state index in [1.165, 1.54) is 6.07 Å². The molecule has 102 valence electrons. The van der Waals surface area contributed by atoms with Gasteiger partial charge in [-0.25, -0.2) is 0 Å². The topological polar surface area (TPSA) is 83.2 Å². The van der Waals surface area contributed by atoms with Crippen LogP contribution >= 0.6 is 11.6 Å². The van der Waals surface area contributed by atoms with Gasteiger partial charge in [0.05, 0.1) is 0 Å². The standard InChI is InChI=1S/C15H12ClNO3/c16-11-5-1-4-10(7-11)15(20)12-6-2-3-9(14(12)17)8-13(18)19/h1-7H,8,17H2,(H,18,19)/p-1. The van der Waals surface area contributed by atoms with E-state index in [1.807, 2.05) is 0 Å². The fraction of sp³-hybridized carbons (Fsp3) is 0.0667. The molecule has 20 heavy (non-hydrogen) atoms. The summed E-state index contributed by atoms with van der Waals surface area (Å²) in [5.41, 5.74) is 7.03. The van der Waals surface area contributed by atoms with Crippen LogP contribution in [0.3, 0.4) is 0 Å². The number of nitrogen functional groups attached to an aromatic ring is 1. The first-order chi connectivity index (χ1) is 9.49. The number of carbonyl (C=O) groups is 2. The van der Waals surface area contributed by atoms with Crippen molar-refractivity contribution in [3.8, 4) is 0 Å². The summed E-state index contributed by atoms with van der Waals surface area (Å²) < 4.78 is 0. The smallest absolute Gasteiger partial charge is 0.195 e. The molecule has 0 heterocycles. The van der Waals surface area contributed by atoms with Gasteiger partial charge in [0.1, 0.15) is 0 Å². The van der Waals surface area contributed by atoms with Crippen molar-refractivity contribution in [2.75, 3.05) is 5.73 Å². The van der Waals surface area contributed by atoms with Crippen molar-refractivity contribution in [2.24, 2.45) is 0 Å². The fourth-order valence-electron chi connectivity index (χ4n) is 1.91. The number of benzene rings is 2. The number of halogens is 1. The Labute approximate surface area is 120 Å². The molecule has 5 heteroatoms. The molecule has 0 atom stereocenters. The molecule has 0 aliphatic carbocycles. The first kappa shape index (κ1) is 14.1. The van der Waals surface area contributed by atoms with Gasteiger partial charge in [-0.1, -0.05) is 35.9 Å². The number of ketones is 1. The van der Waals surface area contributed by atoms with Gasteiger partial charge in [0.25, 0.3) is 0 Å². The third kappa shape index (κ3) is 2.97. The molecule has 0 unspecified atom stereocenters. The minimum absolute atomic E-state index is 0.154. The number of para-hydroxylation sites is 1. The molecule has 0 bridgehead atoms. The van der Waals surface area contributed by atoms with Gasteiger partial charge in [-0.05, 0) is 23.8 Å². The summed E-state index contributed by atoms with van der Waals surface area (Å²) in [6, 6.07) is 11.2. The van der Waals surface area contributed by atoms with Gasteiger partial charge in [-0.15, -0.1) is 0 Å². The van der Waals surface area contributed by atoms with Crippen molar-refractivity contribution in [1.29, 1.82) is 0 Å². The second-order valence-corrected chi connectivity index (χ2v) is 4.70. The molecule has 0 aliphatic heterocycles. The monoisotopic (exact) mass is 288 g/mol. The Bertz CT molecular complexity index is 683. The van der Waals surface area contributed by atoms with Crippen LogP contribution in [0.15, 0.2) is 42.5 Å². The van der Waals surface area contributed by atoms with Gasteiger partial charge in [-0.3, -0.25) is 4.79 Å². The number of hydrogen-bond acceptors (Lipinski definition) is 4. The highest BCUT2D eigenvalue weighted by molar-refractivity contribution is 6.31. The van der Waals surface area contributed by atoms with Crippen LogP contribution in [0.5, 0.6) is 0 Å². The zero-order chi connectivity index (χ0) is 14.7. The summed E-state index contributed by atoms with van der Waals surface area (Å²) in [4.78, 5) is 23.0. The first-order valence-electron chi connectivity index (χ1n) is 5.86. The highest BCUT2D eigenvalue weighted by atomic mass is 35.5. The average molecular weight is 289 g/mol. The Hall–Kier alpha value is -2.33. The van der Waals surface area contributed by atoms with Crippen LogP contribution < -0.4 is 10.8 Å². The lowest BCUT2D eigenvalue weighted by atomic mass is 9.98. The molecule has 0 spiro atoms. The molecule has 2 aromatic carbocycles. The lowest BCUT2D eigenvalue weighted by Crippen LogP contribution is -2.25. The summed E-state index contributed by atoms with van der Waals surface area (Å²) >= 11 is 5.85. The number of anilines is 1. The zero-order valence-corrected chi connectivity index (χ0v) is 11.2. The van der Waals surface area contributed by atoms with Gasteiger partial charge in [-0.2, -0.15) is 0 Å². The Morgan fingerprint density at radius 3 is 2.50 bits per heavy atom. The molecule has 2 aromatic rings. The molecule has 0 saturated carbocycles. The number of carbonyl (C=O) groups excluding carboxylic acids is 2. The summed E-state index contributed by atoms with van der Waals surface area (Å²) in [6.07, 6.45) is -0.331. The third-order valence-electron chi connectivity index (χ3n) is 2.86. The van der Waals surface area contributed by atoms with Crippen LogP contribution in [0.25, 0.3) is 0 Å². The normalized spacial score (nSPS) is 10.2. The van der Waals surface area contributed by atoms with E-state index in [4.69, 9.17) is 17.3 Å². The number of rotatable bonds is 4. The minimum atomic E-state index is -1.25. The van der Waals surface area contributed by atoms with Crippen molar-refractivity contribution in [1.82, 2.24) is 0 Å². The van der Waals surface area contributed by atoms with E-state index in [-0.39, 0.29) is 23.5 Å². The number of carboxylic acid groups (broad SMARTS) is 1. The van der Waals surface area contributed by atoms with Crippen molar-refractivity contribution in [2.45, 2.75) is 6.42 Å². The predicted molar refractivity (Wildman–Crippen MR) is 74.4 cm³/mol. The Balaban J connectivity index is 2.42. The van der Waals surface area contributed by atoms with Crippen LogP contribution in [0.4, 0.5) is 5.69 Å². The molecule has 0 saturated heterocycles. The molecule has 0 radical (unpaired) electrons. The van der Waals surface area contributed by atoms with Gasteiger partial charge in [0.2, 0.25) is 0 Å². The largest absolute Gasteiger partial charge is 0.550 e. The molecule has 0 aliphatic rings. The number of carboxylic acids is 1. The lowest BCUT2D eigenvalue weighted by molar-refractivity contribution is -0.304. The Morgan fingerprint density at radius 1 is 1.15 bits per heavy atom. The number of hydrogen-bond donors (Lipinski definition) is 1. The van der Waals surface area contributed by atoms with E-state index in [1.54, 1.807) is 36.4 Å². The lowest BCUT2D eigenvalue weighted by Gasteiger charge is -2.11. The SMILES string of the molecule is Nc1c(CC(=O)[O-])cccc1C(=O)c1cccc(Cl)c1. The van der Waals surface area contributed by atoms with Crippen LogP contribution in [0.1, 0.15) is 21.5 Å². The molecular weight excluding hydrogens is 278 g/mol. The zero-order valence-electron chi connectivity index (χ0n) is 10.4. The van der Waals surface area contributed by atoms with E-state index < -0.39 is 5.97 Å². The summed E-state index contributed by atoms with van der Waals surface area (Å²) in [6.45, 7) is 0. The molecule has 0 aromatic heterocycles.